The smallest absolute Gasteiger partial charge is 0.161 e. The van der Waals surface area contributed by atoms with Crippen LogP contribution in [0.1, 0.15) is 0 Å². The van der Waals surface area contributed by atoms with E-state index in [1.165, 1.54) is 0 Å². The molecule has 0 amide bonds. The van der Waals surface area contributed by atoms with Crippen molar-refractivity contribution in [3.8, 4) is 0 Å². The van der Waals surface area contributed by atoms with Crippen LogP contribution in [-0.2, 0) is 11.2 Å². The monoisotopic (exact) mass is 426 g/mol. The Morgan fingerprint density at radius 1 is 0.778 bits per heavy atom. The van der Waals surface area contributed by atoms with E-state index in [1.54, 1.807) is 30.3 Å². The number of hydrogen-bond donors (Lipinski definition) is 0. The van der Waals surface area contributed by atoms with Crippen LogP contribution in [0.5, 0.6) is 0 Å². The van der Waals surface area contributed by atoms with E-state index in [1.807, 2.05) is 6.07 Å². The van der Waals surface area contributed by atoms with Crippen LogP contribution >= 0.6 is 55.1 Å². The summed E-state index contributed by atoms with van der Waals surface area (Å²) < 4.78 is 14.1. The summed E-state index contributed by atoms with van der Waals surface area (Å²) in [5.74, 6) is 0. The van der Waals surface area contributed by atoms with E-state index in [0.29, 0.717) is 19.8 Å². The SMILES string of the molecule is [O-][S+](c1cc(Cl)cc(Cl)c1)c1cc(Br)cc(Br)c1. The minimum atomic E-state index is -1.32. The van der Waals surface area contributed by atoms with Crippen molar-refractivity contribution in [2.45, 2.75) is 9.79 Å². The van der Waals surface area contributed by atoms with Crippen LogP contribution in [0.3, 0.4) is 0 Å². The summed E-state index contributed by atoms with van der Waals surface area (Å²) in [5.41, 5.74) is 0. The average Bonchev–Trinajstić information content (AvgIpc) is 2.25. The molecule has 1 atom stereocenters. The number of halogens is 4. The number of rotatable bonds is 2. The van der Waals surface area contributed by atoms with Gasteiger partial charge in [0.25, 0.3) is 0 Å². The zero-order valence-corrected chi connectivity index (χ0v) is 14.3. The summed E-state index contributed by atoms with van der Waals surface area (Å²) in [6, 6.07) is 10.4. The van der Waals surface area contributed by atoms with Crippen LogP contribution in [0.2, 0.25) is 10.0 Å². The predicted octanol–water partition coefficient (Wildman–Crippen LogP) is 5.69. The molecule has 0 saturated carbocycles. The minimum Gasteiger partial charge on any atom is -0.606 e. The standard InChI is InChI=1S/C12H6Br2Cl2OS/c13-7-1-8(14)3-11(2-7)18(17)12-5-9(15)4-10(16)6-12/h1-6H. The fourth-order valence-electron chi connectivity index (χ4n) is 1.41. The summed E-state index contributed by atoms with van der Waals surface area (Å²) in [6.07, 6.45) is 0. The minimum absolute atomic E-state index is 0.472. The molecule has 0 aliphatic carbocycles. The van der Waals surface area contributed by atoms with Gasteiger partial charge in [0.1, 0.15) is 0 Å². The van der Waals surface area contributed by atoms with Crippen molar-refractivity contribution in [3.63, 3.8) is 0 Å². The van der Waals surface area contributed by atoms with Crippen LogP contribution in [0.25, 0.3) is 0 Å². The van der Waals surface area contributed by atoms with E-state index >= 15 is 0 Å². The van der Waals surface area contributed by atoms with Crippen LogP contribution in [0.15, 0.2) is 55.1 Å². The van der Waals surface area contributed by atoms with Gasteiger partial charge in [-0.15, -0.1) is 0 Å². The Morgan fingerprint density at radius 2 is 1.22 bits per heavy atom. The molecule has 0 N–H and O–H groups in total. The molecule has 1 nitrogen and oxygen atoms in total. The summed E-state index contributed by atoms with van der Waals surface area (Å²) >= 11 is 17.2. The van der Waals surface area contributed by atoms with E-state index in [2.05, 4.69) is 31.9 Å². The van der Waals surface area contributed by atoms with Gasteiger partial charge in [0.15, 0.2) is 9.79 Å². The molecule has 6 heteroatoms. The van der Waals surface area contributed by atoms with Crippen LogP contribution < -0.4 is 0 Å². The van der Waals surface area contributed by atoms with E-state index in [-0.39, 0.29) is 0 Å². The Labute approximate surface area is 135 Å². The Morgan fingerprint density at radius 3 is 1.72 bits per heavy atom. The van der Waals surface area contributed by atoms with Gasteiger partial charge < -0.3 is 4.55 Å². The predicted molar refractivity (Wildman–Crippen MR) is 83.0 cm³/mol. The Hall–Kier alpha value is 0.290. The fraction of sp³-hybridized carbons (Fsp3) is 0. The maximum absolute atomic E-state index is 12.4. The molecular weight excluding hydrogens is 423 g/mol. The van der Waals surface area contributed by atoms with E-state index in [9.17, 15) is 4.55 Å². The Bertz CT molecular complexity index is 500. The normalized spacial score (nSPS) is 12.5. The van der Waals surface area contributed by atoms with Crippen LogP contribution in [0, 0.1) is 0 Å². The molecule has 0 aliphatic rings. The first-order valence-electron chi connectivity index (χ1n) is 4.79. The topological polar surface area (TPSA) is 23.1 Å². The van der Waals surface area contributed by atoms with Crippen molar-refractivity contribution in [2.75, 3.05) is 0 Å². The largest absolute Gasteiger partial charge is 0.606 e. The Kier molecular flexibility index (Phi) is 5.03. The zero-order chi connectivity index (χ0) is 13.3. The number of benzene rings is 2. The molecule has 2 aromatic rings. The number of hydrogen-bond acceptors (Lipinski definition) is 1. The highest BCUT2D eigenvalue weighted by molar-refractivity contribution is 9.11. The highest BCUT2D eigenvalue weighted by Gasteiger charge is 2.17. The Balaban J connectivity index is 2.43. The van der Waals surface area contributed by atoms with Gasteiger partial charge in [0, 0.05) is 54.4 Å². The maximum Gasteiger partial charge on any atom is 0.161 e. The van der Waals surface area contributed by atoms with Crippen molar-refractivity contribution in [1.29, 1.82) is 0 Å². The summed E-state index contributed by atoms with van der Waals surface area (Å²) in [5, 5.41) is 0.944. The second-order valence-corrected chi connectivity index (χ2v) is 7.66. The third kappa shape index (κ3) is 3.65. The maximum atomic E-state index is 12.4. The molecule has 0 fully saturated rings. The molecular formula is C12H6Br2Cl2OS. The first-order chi connectivity index (χ1) is 8.45. The molecule has 94 valence electrons. The van der Waals surface area contributed by atoms with E-state index in [0.717, 1.165) is 8.95 Å². The first-order valence-corrected chi connectivity index (χ1v) is 8.29. The van der Waals surface area contributed by atoms with Gasteiger partial charge in [0.2, 0.25) is 0 Å². The van der Waals surface area contributed by atoms with Crippen molar-refractivity contribution >= 4 is 66.2 Å². The quantitative estimate of drug-likeness (QED) is 0.564. The van der Waals surface area contributed by atoms with Gasteiger partial charge >= 0.3 is 0 Å². The molecule has 0 spiro atoms. The lowest BCUT2D eigenvalue weighted by Crippen LogP contribution is -2.02. The third-order valence-electron chi connectivity index (χ3n) is 2.10. The first kappa shape index (κ1) is 14.7. The summed E-state index contributed by atoms with van der Waals surface area (Å²) in [7, 11) is 0. The van der Waals surface area contributed by atoms with Crippen molar-refractivity contribution in [1.82, 2.24) is 0 Å². The second-order valence-electron chi connectivity index (χ2n) is 3.48. The van der Waals surface area contributed by atoms with Crippen LogP contribution in [0.4, 0.5) is 0 Å². The average molecular weight is 429 g/mol. The molecule has 0 heterocycles. The highest BCUT2D eigenvalue weighted by Crippen LogP contribution is 2.30. The van der Waals surface area contributed by atoms with Crippen molar-refractivity contribution in [3.05, 3.63) is 55.4 Å². The van der Waals surface area contributed by atoms with Crippen LogP contribution in [-0.4, -0.2) is 4.55 Å². The zero-order valence-electron chi connectivity index (χ0n) is 8.79. The van der Waals surface area contributed by atoms with Gasteiger partial charge in [0.05, 0.1) is 0 Å². The fourth-order valence-corrected chi connectivity index (χ4v) is 4.87. The van der Waals surface area contributed by atoms with Crippen molar-refractivity contribution < 1.29 is 4.55 Å². The summed E-state index contributed by atoms with van der Waals surface area (Å²) in [6.45, 7) is 0. The molecule has 0 aromatic heterocycles. The van der Waals surface area contributed by atoms with E-state index in [4.69, 9.17) is 23.2 Å². The molecule has 0 bridgehead atoms. The molecule has 0 aliphatic heterocycles. The third-order valence-corrected chi connectivity index (χ3v) is 4.78. The molecule has 18 heavy (non-hydrogen) atoms. The lowest BCUT2D eigenvalue weighted by atomic mass is 10.4. The summed E-state index contributed by atoms with van der Waals surface area (Å²) in [4.78, 5) is 1.26. The van der Waals surface area contributed by atoms with Gasteiger partial charge in [-0.1, -0.05) is 55.1 Å². The highest BCUT2D eigenvalue weighted by atomic mass is 79.9. The molecule has 2 rings (SSSR count). The van der Waals surface area contributed by atoms with Gasteiger partial charge in [-0.3, -0.25) is 0 Å². The van der Waals surface area contributed by atoms with Crippen molar-refractivity contribution in [2.24, 2.45) is 0 Å². The van der Waals surface area contributed by atoms with Gasteiger partial charge in [-0.25, -0.2) is 0 Å². The second kappa shape index (κ2) is 6.16. The lowest BCUT2D eigenvalue weighted by molar-refractivity contribution is 0.595. The van der Waals surface area contributed by atoms with E-state index < -0.39 is 11.2 Å². The van der Waals surface area contributed by atoms with Gasteiger partial charge in [-0.2, -0.15) is 0 Å². The molecule has 2 aromatic carbocycles. The molecule has 0 saturated heterocycles. The molecule has 0 radical (unpaired) electrons. The molecule has 1 unspecified atom stereocenters. The van der Waals surface area contributed by atoms with Gasteiger partial charge in [-0.05, 0) is 12.1 Å². The lowest BCUT2D eigenvalue weighted by Gasteiger charge is -2.11.